The molecule has 128 valence electrons. The van der Waals surface area contributed by atoms with Gasteiger partial charge in [0.2, 0.25) is 0 Å². The molecule has 0 aliphatic carbocycles. The molecule has 0 atom stereocenters. The lowest BCUT2D eigenvalue weighted by molar-refractivity contribution is 0.194. The molecule has 24 heavy (non-hydrogen) atoms. The summed E-state index contributed by atoms with van der Waals surface area (Å²) in [6.07, 6.45) is 0.779. The quantitative estimate of drug-likeness (QED) is 0.707. The van der Waals surface area contributed by atoms with Crippen molar-refractivity contribution in [1.29, 1.82) is 0 Å². The number of ether oxygens (including phenoxy) is 2. The van der Waals surface area contributed by atoms with Gasteiger partial charge >= 0.3 is 6.03 Å². The first-order valence-electron chi connectivity index (χ1n) is 7.68. The van der Waals surface area contributed by atoms with Crippen molar-refractivity contribution in [3.63, 3.8) is 0 Å². The summed E-state index contributed by atoms with van der Waals surface area (Å²) in [5.41, 5.74) is 1.75. The Balaban J connectivity index is 1.75. The fourth-order valence-electron chi connectivity index (χ4n) is 1.98. The van der Waals surface area contributed by atoms with E-state index in [1.165, 1.54) is 0 Å². The van der Waals surface area contributed by atoms with Gasteiger partial charge in [-0.25, -0.2) is 4.79 Å². The number of carbonyl (C=O) groups is 1. The summed E-state index contributed by atoms with van der Waals surface area (Å²) in [6, 6.07) is 14.5. The molecule has 6 heteroatoms. The predicted octanol–water partition coefficient (Wildman–Crippen LogP) is 4.08. The standard InChI is InChI=1S/C18H21ClN2O3/c1-23-12-2-11-20-18(22)21-16-7-9-17(10-8-16)24-13-14-3-5-15(19)6-4-14/h3-10H,2,11-13H2,1H3,(H2,20,21,22). The highest BCUT2D eigenvalue weighted by atomic mass is 35.5. The molecule has 5 nitrogen and oxygen atoms in total. The summed E-state index contributed by atoms with van der Waals surface area (Å²) in [4.78, 5) is 11.7. The average molecular weight is 349 g/mol. The van der Waals surface area contributed by atoms with Gasteiger partial charge in [-0.3, -0.25) is 0 Å². The molecular weight excluding hydrogens is 328 g/mol. The number of hydrogen-bond donors (Lipinski definition) is 2. The Morgan fingerprint density at radius 1 is 1.08 bits per heavy atom. The Hall–Kier alpha value is -2.24. The van der Waals surface area contributed by atoms with E-state index in [1.54, 1.807) is 19.2 Å². The molecule has 2 amide bonds. The second-order valence-corrected chi connectivity index (χ2v) is 5.60. The van der Waals surface area contributed by atoms with E-state index in [0.29, 0.717) is 30.5 Å². The number of halogens is 1. The third kappa shape index (κ3) is 6.48. The molecule has 0 heterocycles. The Bertz CT molecular complexity index is 630. The second-order valence-electron chi connectivity index (χ2n) is 5.17. The Kier molecular flexibility index (Phi) is 7.39. The highest BCUT2D eigenvalue weighted by Crippen LogP contribution is 2.17. The number of hydrogen-bond acceptors (Lipinski definition) is 3. The minimum atomic E-state index is -0.235. The molecule has 2 aromatic rings. The fourth-order valence-corrected chi connectivity index (χ4v) is 2.10. The first-order valence-corrected chi connectivity index (χ1v) is 8.06. The number of benzene rings is 2. The van der Waals surface area contributed by atoms with E-state index >= 15 is 0 Å². The van der Waals surface area contributed by atoms with Gasteiger partial charge < -0.3 is 20.1 Å². The van der Waals surface area contributed by atoms with Crippen molar-refractivity contribution in [2.45, 2.75) is 13.0 Å². The van der Waals surface area contributed by atoms with Crippen molar-refractivity contribution in [2.24, 2.45) is 0 Å². The van der Waals surface area contributed by atoms with Gasteiger partial charge in [0.25, 0.3) is 0 Å². The third-order valence-corrected chi connectivity index (χ3v) is 3.49. The van der Waals surface area contributed by atoms with Gasteiger partial charge in [0, 0.05) is 31.0 Å². The molecule has 2 N–H and O–H groups in total. The number of rotatable bonds is 8. The maximum atomic E-state index is 11.7. The minimum Gasteiger partial charge on any atom is -0.489 e. The van der Waals surface area contributed by atoms with Gasteiger partial charge in [-0.15, -0.1) is 0 Å². The van der Waals surface area contributed by atoms with Crippen LogP contribution in [0, 0.1) is 0 Å². The van der Waals surface area contributed by atoms with Crippen molar-refractivity contribution in [2.75, 3.05) is 25.6 Å². The largest absolute Gasteiger partial charge is 0.489 e. The van der Waals surface area contributed by atoms with E-state index in [-0.39, 0.29) is 6.03 Å². The lowest BCUT2D eigenvalue weighted by Crippen LogP contribution is -2.29. The molecule has 0 aromatic heterocycles. The summed E-state index contributed by atoms with van der Waals surface area (Å²) in [5.74, 6) is 0.732. The minimum absolute atomic E-state index is 0.235. The van der Waals surface area contributed by atoms with Gasteiger partial charge in [-0.2, -0.15) is 0 Å². The van der Waals surface area contributed by atoms with E-state index in [9.17, 15) is 4.79 Å². The third-order valence-electron chi connectivity index (χ3n) is 3.24. The molecule has 2 rings (SSSR count). The maximum absolute atomic E-state index is 11.7. The van der Waals surface area contributed by atoms with Crippen LogP contribution < -0.4 is 15.4 Å². The van der Waals surface area contributed by atoms with Gasteiger partial charge in [-0.05, 0) is 48.4 Å². The number of carbonyl (C=O) groups excluding carboxylic acids is 1. The first kappa shape index (κ1) is 18.1. The van der Waals surface area contributed by atoms with Crippen molar-refractivity contribution in [3.05, 3.63) is 59.1 Å². The van der Waals surface area contributed by atoms with E-state index in [1.807, 2.05) is 36.4 Å². The second kappa shape index (κ2) is 9.80. The van der Waals surface area contributed by atoms with Crippen LogP contribution in [0.2, 0.25) is 5.02 Å². The Morgan fingerprint density at radius 2 is 1.79 bits per heavy atom. The van der Waals surface area contributed by atoms with Crippen LogP contribution >= 0.6 is 11.6 Å². The monoisotopic (exact) mass is 348 g/mol. The number of urea groups is 1. The zero-order valence-electron chi connectivity index (χ0n) is 13.5. The van der Waals surface area contributed by atoms with Crippen LogP contribution in [0.4, 0.5) is 10.5 Å². The summed E-state index contributed by atoms with van der Waals surface area (Å²) in [7, 11) is 1.64. The lowest BCUT2D eigenvalue weighted by atomic mass is 10.2. The highest BCUT2D eigenvalue weighted by molar-refractivity contribution is 6.30. The first-order chi connectivity index (χ1) is 11.7. The molecule has 0 saturated carbocycles. The zero-order valence-corrected chi connectivity index (χ0v) is 14.3. The smallest absolute Gasteiger partial charge is 0.319 e. The Morgan fingerprint density at radius 3 is 2.46 bits per heavy atom. The molecule has 0 saturated heterocycles. The zero-order chi connectivity index (χ0) is 17.2. The SMILES string of the molecule is COCCCNC(=O)Nc1ccc(OCc2ccc(Cl)cc2)cc1. The highest BCUT2D eigenvalue weighted by Gasteiger charge is 2.02. The van der Waals surface area contributed by atoms with Crippen LogP contribution in [-0.4, -0.2) is 26.3 Å². The van der Waals surface area contributed by atoms with Gasteiger partial charge in [0.15, 0.2) is 0 Å². The van der Waals surface area contributed by atoms with Crippen molar-refractivity contribution in [1.82, 2.24) is 5.32 Å². The summed E-state index contributed by atoms with van der Waals surface area (Å²) < 4.78 is 10.6. The summed E-state index contributed by atoms with van der Waals surface area (Å²) in [5, 5.41) is 6.23. The number of methoxy groups -OCH3 is 1. The maximum Gasteiger partial charge on any atom is 0.319 e. The van der Waals surface area contributed by atoms with Crippen LogP contribution in [0.15, 0.2) is 48.5 Å². The molecule has 0 radical (unpaired) electrons. The van der Waals surface area contributed by atoms with Crippen LogP contribution in [0.1, 0.15) is 12.0 Å². The van der Waals surface area contributed by atoms with E-state index in [0.717, 1.165) is 17.7 Å². The molecule has 2 aromatic carbocycles. The number of amides is 2. The van der Waals surface area contributed by atoms with E-state index in [4.69, 9.17) is 21.1 Å². The molecule has 0 fully saturated rings. The number of anilines is 1. The fraction of sp³-hybridized carbons (Fsp3) is 0.278. The van der Waals surface area contributed by atoms with Crippen LogP contribution in [0.25, 0.3) is 0 Å². The van der Waals surface area contributed by atoms with E-state index in [2.05, 4.69) is 10.6 Å². The van der Waals surface area contributed by atoms with E-state index < -0.39 is 0 Å². The molecule has 0 aliphatic rings. The summed E-state index contributed by atoms with van der Waals surface area (Å²) in [6.45, 7) is 1.66. The van der Waals surface area contributed by atoms with Crippen molar-refractivity contribution >= 4 is 23.3 Å². The van der Waals surface area contributed by atoms with Crippen molar-refractivity contribution in [3.8, 4) is 5.75 Å². The average Bonchev–Trinajstić information content (AvgIpc) is 2.59. The van der Waals surface area contributed by atoms with Gasteiger partial charge in [0.05, 0.1) is 0 Å². The molecule has 0 unspecified atom stereocenters. The molecular formula is C18H21ClN2O3. The van der Waals surface area contributed by atoms with Gasteiger partial charge in [0.1, 0.15) is 12.4 Å². The van der Waals surface area contributed by atoms with Crippen molar-refractivity contribution < 1.29 is 14.3 Å². The topological polar surface area (TPSA) is 59.6 Å². The Labute approximate surface area is 146 Å². The lowest BCUT2D eigenvalue weighted by Gasteiger charge is -2.09. The molecule has 0 bridgehead atoms. The predicted molar refractivity (Wildman–Crippen MR) is 95.7 cm³/mol. The normalized spacial score (nSPS) is 10.2. The van der Waals surface area contributed by atoms with Crippen LogP contribution in [0.3, 0.4) is 0 Å². The van der Waals surface area contributed by atoms with Gasteiger partial charge in [-0.1, -0.05) is 23.7 Å². The number of nitrogens with one attached hydrogen (secondary N) is 2. The molecule has 0 spiro atoms. The van der Waals surface area contributed by atoms with Crippen LogP contribution in [0.5, 0.6) is 5.75 Å². The molecule has 0 aliphatic heterocycles. The summed E-state index contributed by atoms with van der Waals surface area (Å²) >= 11 is 5.85. The van der Waals surface area contributed by atoms with Crippen LogP contribution in [-0.2, 0) is 11.3 Å².